The highest BCUT2D eigenvalue weighted by Crippen LogP contribution is 2.19. The second-order valence-corrected chi connectivity index (χ2v) is 2.01. The lowest BCUT2D eigenvalue weighted by atomic mass is 10.2. The molecule has 0 radical (unpaired) electrons. The summed E-state index contributed by atoms with van der Waals surface area (Å²) in [6.07, 6.45) is 0. The number of aliphatic hydroxyl groups is 4. The predicted octanol–water partition coefficient (Wildman–Crippen LogP) is 0.106. The monoisotopic (exact) mass is 160 g/mol. The quantitative estimate of drug-likeness (QED) is 0.437. The van der Waals surface area contributed by atoms with E-state index in [0.29, 0.717) is 0 Å². The molecule has 62 valence electrons. The fourth-order valence-electron chi connectivity index (χ4n) is 0.681. The molecule has 5 nitrogen and oxygen atoms in total. The van der Waals surface area contributed by atoms with E-state index in [2.05, 4.69) is 4.74 Å². The number of hydrogen-bond donors (Lipinski definition) is 4. The Morgan fingerprint density at radius 3 is 2.36 bits per heavy atom. The van der Waals surface area contributed by atoms with Gasteiger partial charge in [0.1, 0.15) is 13.2 Å². The van der Waals surface area contributed by atoms with Gasteiger partial charge in [0.05, 0.1) is 0 Å². The number of rotatable bonds is 1. The molecule has 1 rings (SSSR count). The van der Waals surface area contributed by atoms with Crippen LogP contribution in [0.15, 0.2) is 23.0 Å². The third-order valence-corrected chi connectivity index (χ3v) is 1.29. The van der Waals surface area contributed by atoms with E-state index in [4.69, 9.17) is 20.4 Å². The number of ether oxygens (including phenoxy) is 1. The van der Waals surface area contributed by atoms with Crippen LogP contribution in [0.1, 0.15) is 0 Å². The van der Waals surface area contributed by atoms with Gasteiger partial charge in [0.2, 0.25) is 11.5 Å². The molecule has 1 heterocycles. The summed E-state index contributed by atoms with van der Waals surface area (Å²) < 4.78 is 4.63. The van der Waals surface area contributed by atoms with Crippen LogP contribution in [-0.4, -0.2) is 33.6 Å². The summed E-state index contributed by atoms with van der Waals surface area (Å²) in [7, 11) is 0. The molecular formula is C6H8O5. The largest absolute Gasteiger partial charge is 0.505 e. The second kappa shape index (κ2) is 2.71. The van der Waals surface area contributed by atoms with Crippen LogP contribution in [0.25, 0.3) is 0 Å². The molecule has 0 saturated carbocycles. The standard InChI is InChI=1S/C6H8O5/c7-1-4-6(10)5(9)3(8)2-11-4/h7-10H,1-2H2. The van der Waals surface area contributed by atoms with Crippen molar-refractivity contribution in [1.29, 1.82) is 0 Å². The normalized spacial score (nSPS) is 18.6. The lowest BCUT2D eigenvalue weighted by Crippen LogP contribution is -2.14. The molecule has 0 saturated heterocycles. The van der Waals surface area contributed by atoms with Crippen LogP contribution in [0.5, 0.6) is 0 Å². The highest BCUT2D eigenvalue weighted by Gasteiger charge is 2.20. The molecule has 0 fully saturated rings. The Kier molecular flexibility index (Phi) is 1.91. The van der Waals surface area contributed by atoms with E-state index in [1.54, 1.807) is 0 Å². The van der Waals surface area contributed by atoms with Crippen LogP contribution in [-0.2, 0) is 4.74 Å². The molecule has 1 aliphatic rings. The first-order valence-electron chi connectivity index (χ1n) is 2.94. The lowest BCUT2D eigenvalue weighted by molar-refractivity contribution is 0.109. The zero-order chi connectivity index (χ0) is 8.43. The molecule has 0 aliphatic carbocycles. The average molecular weight is 160 g/mol. The number of hydrogen-bond acceptors (Lipinski definition) is 5. The molecule has 0 aromatic heterocycles. The van der Waals surface area contributed by atoms with E-state index in [9.17, 15) is 0 Å². The molecule has 0 bridgehead atoms. The fraction of sp³-hybridized carbons (Fsp3) is 0.333. The van der Waals surface area contributed by atoms with Gasteiger partial charge in [-0.3, -0.25) is 0 Å². The lowest BCUT2D eigenvalue weighted by Gasteiger charge is -2.15. The van der Waals surface area contributed by atoms with Crippen molar-refractivity contribution in [2.24, 2.45) is 0 Å². The van der Waals surface area contributed by atoms with Gasteiger partial charge in [0, 0.05) is 0 Å². The van der Waals surface area contributed by atoms with Gasteiger partial charge in [0.25, 0.3) is 0 Å². The van der Waals surface area contributed by atoms with E-state index in [-0.39, 0.29) is 12.4 Å². The minimum atomic E-state index is -0.639. The maximum atomic E-state index is 8.93. The van der Waals surface area contributed by atoms with E-state index in [1.807, 2.05) is 0 Å². The van der Waals surface area contributed by atoms with Crippen LogP contribution in [0, 0.1) is 0 Å². The summed E-state index contributed by atoms with van der Waals surface area (Å²) in [6.45, 7) is -0.741. The van der Waals surface area contributed by atoms with Gasteiger partial charge in [-0.2, -0.15) is 0 Å². The summed E-state index contributed by atoms with van der Waals surface area (Å²) in [6, 6.07) is 0. The maximum Gasteiger partial charge on any atom is 0.203 e. The van der Waals surface area contributed by atoms with Gasteiger partial charge < -0.3 is 25.2 Å². The minimum Gasteiger partial charge on any atom is -0.505 e. The molecule has 0 atom stereocenters. The Hall–Kier alpha value is -1.36. The molecule has 11 heavy (non-hydrogen) atoms. The van der Waals surface area contributed by atoms with E-state index >= 15 is 0 Å². The van der Waals surface area contributed by atoms with Crippen LogP contribution < -0.4 is 0 Å². The zero-order valence-corrected chi connectivity index (χ0v) is 5.61. The third kappa shape index (κ3) is 1.22. The maximum absolute atomic E-state index is 8.93. The van der Waals surface area contributed by atoms with Crippen LogP contribution in [0.2, 0.25) is 0 Å². The molecule has 0 aromatic rings. The summed E-state index contributed by atoms with van der Waals surface area (Å²) in [5, 5.41) is 35.1. The Morgan fingerprint density at radius 2 is 1.82 bits per heavy atom. The summed E-state index contributed by atoms with van der Waals surface area (Å²) >= 11 is 0. The Bertz CT molecular complexity index is 227. The smallest absolute Gasteiger partial charge is 0.203 e. The molecule has 0 aromatic carbocycles. The summed E-state index contributed by atoms with van der Waals surface area (Å²) in [4.78, 5) is 0. The Labute approximate surface area is 62.5 Å². The highest BCUT2D eigenvalue weighted by atomic mass is 16.5. The van der Waals surface area contributed by atoms with Gasteiger partial charge in [-0.05, 0) is 0 Å². The van der Waals surface area contributed by atoms with Crippen molar-refractivity contribution < 1.29 is 25.2 Å². The summed E-state index contributed by atoms with van der Waals surface area (Å²) in [5.41, 5.74) is 0. The summed E-state index contributed by atoms with van der Waals surface area (Å²) in [5.74, 6) is -1.84. The second-order valence-electron chi connectivity index (χ2n) is 2.01. The first-order valence-corrected chi connectivity index (χ1v) is 2.94. The van der Waals surface area contributed by atoms with Gasteiger partial charge in [-0.15, -0.1) is 0 Å². The van der Waals surface area contributed by atoms with Crippen molar-refractivity contribution in [2.45, 2.75) is 0 Å². The Morgan fingerprint density at radius 1 is 1.18 bits per heavy atom. The molecule has 4 N–H and O–H groups in total. The molecule has 1 aliphatic heterocycles. The van der Waals surface area contributed by atoms with Gasteiger partial charge in [0.15, 0.2) is 11.5 Å². The van der Waals surface area contributed by atoms with Crippen LogP contribution in [0.4, 0.5) is 0 Å². The fourth-order valence-corrected chi connectivity index (χ4v) is 0.681. The molecule has 0 amide bonds. The zero-order valence-electron chi connectivity index (χ0n) is 5.61. The van der Waals surface area contributed by atoms with Crippen molar-refractivity contribution in [3.63, 3.8) is 0 Å². The van der Waals surface area contributed by atoms with Gasteiger partial charge in [-0.25, -0.2) is 0 Å². The van der Waals surface area contributed by atoms with Gasteiger partial charge in [-0.1, -0.05) is 0 Å². The highest BCUT2D eigenvalue weighted by molar-refractivity contribution is 5.27. The van der Waals surface area contributed by atoms with E-state index < -0.39 is 23.9 Å². The molecule has 5 heteroatoms. The minimum absolute atomic E-state index is 0.139. The third-order valence-electron chi connectivity index (χ3n) is 1.29. The van der Waals surface area contributed by atoms with E-state index in [1.165, 1.54) is 0 Å². The topological polar surface area (TPSA) is 90.2 Å². The predicted molar refractivity (Wildman–Crippen MR) is 35.0 cm³/mol. The first kappa shape index (κ1) is 7.74. The Balaban J connectivity index is 2.98. The van der Waals surface area contributed by atoms with Crippen molar-refractivity contribution in [3.05, 3.63) is 23.0 Å². The van der Waals surface area contributed by atoms with Crippen LogP contribution in [0.3, 0.4) is 0 Å². The van der Waals surface area contributed by atoms with Gasteiger partial charge >= 0.3 is 0 Å². The van der Waals surface area contributed by atoms with Crippen molar-refractivity contribution in [1.82, 2.24) is 0 Å². The van der Waals surface area contributed by atoms with Crippen molar-refractivity contribution >= 4 is 0 Å². The number of aliphatic hydroxyl groups excluding tert-OH is 4. The molecule has 0 spiro atoms. The molecular weight excluding hydrogens is 152 g/mol. The first-order chi connectivity index (χ1) is 5.16. The SMILES string of the molecule is OCC1=C(O)C(O)=C(O)CO1. The van der Waals surface area contributed by atoms with Crippen LogP contribution >= 0.6 is 0 Å². The van der Waals surface area contributed by atoms with E-state index in [0.717, 1.165) is 0 Å². The average Bonchev–Trinajstić information content (AvgIpc) is 2.01. The van der Waals surface area contributed by atoms with Crippen molar-refractivity contribution in [3.8, 4) is 0 Å². The van der Waals surface area contributed by atoms with Crippen molar-refractivity contribution in [2.75, 3.05) is 13.2 Å². The molecule has 0 unspecified atom stereocenters.